The summed E-state index contributed by atoms with van der Waals surface area (Å²) in [7, 11) is 0. The number of amides is 2. The first-order valence-corrected chi connectivity index (χ1v) is 8.43. The standard InChI is InChI=1S/C16H19BrN2O2/c17-16(10-4-2-1-3-5-10)11-6-7-12-13(8-11)19-15(21)9-14(20)18-12/h6-8,10,16H,1-5,9H2,(H,18,20)(H,19,21). The van der Waals surface area contributed by atoms with Gasteiger partial charge in [0.25, 0.3) is 0 Å². The molecule has 21 heavy (non-hydrogen) atoms. The maximum atomic E-state index is 11.7. The molecule has 1 saturated carbocycles. The first-order valence-electron chi connectivity index (χ1n) is 7.51. The minimum absolute atomic E-state index is 0.121. The number of hydrogen-bond donors (Lipinski definition) is 2. The maximum absolute atomic E-state index is 11.7. The number of carbonyl (C=O) groups excluding carboxylic acids is 2. The van der Waals surface area contributed by atoms with Gasteiger partial charge in [0.15, 0.2) is 0 Å². The fraction of sp³-hybridized carbons (Fsp3) is 0.500. The lowest BCUT2D eigenvalue weighted by Gasteiger charge is -2.27. The minimum Gasteiger partial charge on any atom is -0.324 e. The smallest absolute Gasteiger partial charge is 0.233 e. The lowest BCUT2D eigenvalue weighted by Crippen LogP contribution is -2.16. The van der Waals surface area contributed by atoms with E-state index in [1.54, 1.807) is 0 Å². The summed E-state index contributed by atoms with van der Waals surface area (Å²) in [5.74, 6) is 0.127. The van der Waals surface area contributed by atoms with Crippen molar-refractivity contribution in [3.05, 3.63) is 23.8 Å². The van der Waals surface area contributed by atoms with Crippen LogP contribution < -0.4 is 10.6 Å². The van der Waals surface area contributed by atoms with Crippen LogP contribution in [-0.2, 0) is 9.59 Å². The van der Waals surface area contributed by atoms with E-state index < -0.39 is 0 Å². The van der Waals surface area contributed by atoms with Crippen molar-refractivity contribution in [1.29, 1.82) is 0 Å². The average molecular weight is 351 g/mol. The van der Waals surface area contributed by atoms with Gasteiger partial charge >= 0.3 is 0 Å². The van der Waals surface area contributed by atoms with E-state index in [-0.39, 0.29) is 18.2 Å². The molecule has 4 nitrogen and oxygen atoms in total. The third-order valence-corrected chi connectivity index (χ3v) is 5.57. The van der Waals surface area contributed by atoms with E-state index in [1.807, 2.05) is 18.2 Å². The first kappa shape index (κ1) is 14.6. The molecule has 0 bridgehead atoms. The van der Waals surface area contributed by atoms with Crippen molar-refractivity contribution in [1.82, 2.24) is 0 Å². The number of carbonyl (C=O) groups is 2. The van der Waals surface area contributed by atoms with Crippen molar-refractivity contribution >= 4 is 39.1 Å². The van der Waals surface area contributed by atoms with Crippen LogP contribution >= 0.6 is 15.9 Å². The van der Waals surface area contributed by atoms with E-state index in [2.05, 4.69) is 26.6 Å². The van der Waals surface area contributed by atoms with Crippen molar-refractivity contribution < 1.29 is 9.59 Å². The zero-order valence-corrected chi connectivity index (χ0v) is 13.4. The molecule has 1 aromatic carbocycles. The van der Waals surface area contributed by atoms with Crippen molar-refractivity contribution in [3.8, 4) is 0 Å². The third-order valence-electron chi connectivity index (χ3n) is 4.30. The highest BCUT2D eigenvalue weighted by Crippen LogP contribution is 2.41. The van der Waals surface area contributed by atoms with Crippen molar-refractivity contribution in [2.45, 2.75) is 43.4 Å². The molecule has 2 N–H and O–H groups in total. The Labute approximate surface area is 132 Å². The molecule has 1 aliphatic carbocycles. The molecule has 2 aliphatic rings. The number of halogens is 1. The number of anilines is 2. The summed E-state index contributed by atoms with van der Waals surface area (Å²) in [6, 6.07) is 5.89. The molecular weight excluding hydrogens is 332 g/mol. The molecule has 0 spiro atoms. The predicted molar refractivity (Wildman–Crippen MR) is 86.6 cm³/mol. The Bertz CT molecular complexity index is 567. The van der Waals surface area contributed by atoms with Gasteiger partial charge < -0.3 is 10.6 Å². The number of alkyl halides is 1. The average Bonchev–Trinajstić information content (AvgIpc) is 2.63. The molecule has 1 aromatic rings. The largest absolute Gasteiger partial charge is 0.324 e. The van der Waals surface area contributed by atoms with Crippen LogP contribution in [0.4, 0.5) is 11.4 Å². The SMILES string of the molecule is O=C1CC(=O)Nc2cc(C(Br)C3CCCCC3)ccc2N1. The molecule has 3 rings (SSSR count). The number of fused-ring (bicyclic) bond motifs is 1. The second kappa shape index (κ2) is 6.18. The van der Waals surface area contributed by atoms with Gasteiger partial charge in [0.05, 0.1) is 11.4 Å². The van der Waals surface area contributed by atoms with E-state index in [4.69, 9.17) is 0 Å². The summed E-state index contributed by atoms with van der Waals surface area (Å²) >= 11 is 3.82. The van der Waals surface area contributed by atoms with Crippen LogP contribution in [0.1, 0.15) is 48.9 Å². The van der Waals surface area contributed by atoms with Gasteiger partial charge in [0.2, 0.25) is 11.8 Å². The Kier molecular flexibility index (Phi) is 4.29. The summed E-state index contributed by atoms with van der Waals surface area (Å²) in [6.07, 6.45) is 6.30. The van der Waals surface area contributed by atoms with E-state index in [0.717, 1.165) is 5.56 Å². The molecule has 0 saturated heterocycles. The molecule has 5 heteroatoms. The zero-order valence-electron chi connectivity index (χ0n) is 11.8. The highest BCUT2D eigenvalue weighted by atomic mass is 79.9. The summed E-state index contributed by atoms with van der Waals surface area (Å²) in [5.41, 5.74) is 2.54. The predicted octanol–water partition coefficient (Wildman–Crippen LogP) is 3.98. The topological polar surface area (TPSA) is 58.2 Å². The van der Waals surface area contributed by atoms with Gasteiger partial charge in [-0.2, -0.15) is 0 Å². The normalized spacial score (nSPS) is 21.0. The molecule has 112 valence electrons. The van der Waals surface area contributed by atoms with Gasteiger partial charge in [-0.05, 0) is 36.5 Å². The Balaban J connectivity index is 1.84. The van der Waals surface area contributed by atoms with E-state index in [1.165, 1.54) is 32.1 Å². The van der Waals surface area contributed by atoms with Gasteiger partial charge in [-0.15, -0.1) is 0 Å². The molecule has 1 heterocycles. The zero-order chi connectivity index (χ0) is 14.8. The number of nitrogens with one attached hydrogen (secondary N) is 2. The fourth-order valence-corrected chi connectivity index (χ4v) is 3.99. The summed E-state index contributed by atoms with van der Waals surface area (Å²) in [6.45, 7) is 0. The highest BCUT2D eigenvalue weighted by Gasteiger charge is 2.25. The highest BCUT2D eigenvalue weighted by molar-refractivity contribution is 9.09. The van der Waals surface area contributed by atoms with Crippen molar-refractivity contribution in [2.75, 3.05) is 10.6 Å². The second-order valence-corrected chi connectivity index (χ2v) is 6.86. The van der Waals surface area contributed by atoms with Gasteiger partial charge in [0, 0.05) is 4.83 Å². The molecule has 1 aliphatic heterocycles. The van der Waals surface area contributed by atoms with Crippen molar-refractivity contribution in [3.63, 3.8) is 0 Å². The molecule has 0 aromatic heterocycles. The van der Waals surface area contributed by atoms with E-state index in [9.17, 15) is 9.59 Å². The summed E-state index contributed by atoms with van der Waals surface area (Å²) in [5, 5.41) is 5.57. The van der Waals surface area contributed by atoms with Crippen LogP contribution in [0.15, 0.2) is 18.2 Å². The van der Waals surface area contributed by atoms with E-state index >= 15 is 0 Å². The molecule has 1 atom stereocenters. The molecule has 1 unspecified atom stereocenters. The van der Waals surface area contributed by atoms with Crippen LogP contribution in [0, 0.1) is 5.92 Å². The minimum atomic E-state index is -0.262. The number of rotatable bonds is 2. The van der Waals surface area contributed by atoms with Crippen LogP contribution in [-0.4, -0.2) is 11.8 Å². The molecule has 1 fully saturated rings. The Morgan fingerprint density at radius 2 is 1.67 bits per heavy atom. The van der Waals surface area contributed by atoms with E-state index in [0.29, 0.717) is 22.1 Å². The number of benzene rings is 1. The van der Waals surface area contributed by atoms with Gasteiger partial charge in [-0.3, -0.25) is 9.59 Å². The van der Waals surface area contributed by atoms with Crippen LogP contribution in [0.2, 0.25) is 0 Å². The Morgan fingerprint density at radius 1 is 1.00 bits per heavy atom. The lowest BCUT2D eigenvalue weighted by molar-refractivity contribution is -0.123. The van der Waals surface area contributed by atoms with Gasteiger partial charge in [0.1, 0.15) is 6.42 Å². The summed E-state index contributed by atoms with van der Waals surface area (Å²) in [4.78, 5) is 23.5. The third kappa shape index (κ3) is 3.28. The van der Waals surface area contributed by atoms with Gasteiger partial charge in [-0.1, -0.05) is 41.3 Å². The van der Waals surface area contributed by atoms with Crippen LogP contribution in [0.3, 0.4) is 0 Å². The quantitative estimate of drug-likeness (QED) is 0.625. The lowest BCUT2D eigenvalue weighted by atomic mass is 9.84. The number of hydrogen-bond acceptors (Lipinski definition) is 2. The van der Waals surface area contributed by atoms with Crippen LogP contribution in [0.25, 0.3) is 0 Å². The summed E-state index contributed by atoms with van der Waals surface area (Å²) < 4.78 is 0. The molecule has 2 amide bonds. The second-order valence-electron chi connectivity index (χ2n) is 5.88. The molecular formula is C16H19BrN2O2. The van der Waals surface area contributed by atoms with Crippen LogP contribution in [0.5, 0.6) is 0 Å². The Hall–Kier alpha value is -1.36. The van der Waals surface area contributed by atoms with Crippen molar-refractivity contribution in [2.24, 2.45) is 5.92 Å². The fourth-order valence-electron chi connectivity index (χ4n) is 3.18. The maximum Gasteiger partial charge on any atom is 0.233 e. The van der Waals surface area contributed by atoms with Gasteiger partial charge in [-0.25, -0.2) is 0 Å². The monoisotopic (exact) mass is 350 g/mol. The molecule has 0 radical (unpaired) electrons. The Morgan fingerprint density at radius 3 is 2.38 bits per heavy atom. The first-order chi connectivity index (χ1) is 10.1.